The van der Waals surface area contributed by atoms with Gasteiger partial charge in [0, 0.05) is 29.9 Å². The molecule has 0 radical (unpaired) electrons. The molecule has 2 rings (SSSR count). The molecule has 0 aliphatic carbocycles. The largest absolute Gasteiger partial charge is 0.444 e. The molecule has 29 heavy (non-hydrogen) atoms. The Bertz CT molecular complexity index is 951. The van der Waals surface area contributed by atoms with Gasteiger partial charge in [0.2, 0.25) is 5.91 Å². The predicted molar refractivity (Wildman–Crippen MR) is 112 cm³/mol. The van der Waals surface area contributed by atoms with E-state index >= 15 is 0 Å². The van der Waals surface area contributed by atoms with Gasteiger partial charge in [-0.2, -0.15) is 0 Å². The van der Waals surface area contributed by atoms with E-state index in [1.165, 1.54) is 12.3 Å². The third-order valence-corrected chi connectivity index (χ3v) is 4.40. The number of carbonyl (C=O) groups excluding carboxylic acids is 2. The summed E-state index contributed by atoms with van der Waals surface area (Å²) in [6.07, 6.45) is 0.726. The van der Waals surface area contributed by atoms with Crippen LogP contribution in [-0.2, 0) is 29.0 Å². The number of amides is 2. The average Bonchev–Trinajstić information content (AvgIpc) is 2.61. The molecule has 0 spiro atoms. The molecular formula is C20H23Cl2N3O4. The lowest BCUT2D eigenvalue weighted by molar-refractivity contribution is -0.120. The van der Waals surface area contributed by atoms with Gasteiger partial charge in [0.05, 0.1) is 11.4 Å². The Kier molecular flexibility index (Phi) is 7.70. The molecule has 156 valence electrons. The van der Waals surface area contributed by atoms with E-state index in [0.717, 1.165) is 11.1 Å². The highest BCUT2D eigenvalue weighted by Crippen LogP contribution is 2.17. The molecule has 0 saturated carbocycles. The normalized spacial score (nSPS) is 11.1. The van der Waals surface area contributed by atoms with Crippen LogP contribution in [0.15, 0.2) is 35.3 Å². The van der Waals surface area contributed by atoms with Gasteiger partial charge >= 0.3 is 6.09 Å². The number of nitrogens with one attached hydrogen (secondary N) is 3. The Labute approximate surface area is 178 Å². The van der Waals surface area contributed by atoms with Gasteiger partial charge in [-0.15, -0.1) is 0 Å². The van der Waals surface area contributed by atoms with E-state index in [1.54, 1.807) is 39.0 Å². The average molecular weight is 440 g/mol. The van der Waals surface area contributed by atoms with Crippen molar-refractivity contribution in [3.05, 3.63) is 67.6 Å². The third-order valence-electron chi connectivity index (χ3n) is 3.81. The summed E-state index contributed by atoms with van der Waals surface area (Å²) in [5, 5.41) is 6.15. The van der Waals surface area contributed by atoms with Gasteiger partial charge in [0.1, 0.15) is 5.60 Å². The molecule has 0 atom stereocenters. The maximum Gasteiger partial charge on any atom is 0.407 e. The molecule has 0 bridgehead atoms. The van der Waals surface area contributed by atoms with Crippen LogP contribution in [-0.4, -0.2) is 22.6 Å². The second-order valence-electron chi connectivity index (χ2n) is 7.36. The molecule has 2 amide bonds. The Balaban J connectivity index is 2.01. The van der Waals surface area contributed by atoms with Crippen LogP contribution in [0.3, 0.4) is 0 Å². The van der Waals surface area contributed by atoms with Crippen molar-refractivity contribution < 1.29 is 14.3 Å². The number of rotatable bonds is 6. The molecule has 0 saturated heterocycles. The van der Waals surface area contributed by atoms with E-state index < -0.39 is 17.3 Å². The van der Waals surface area contributed by atoms with Crippen LogP contribution in [0.2, 0.25) is 10.0 Å². The fourth-order valence-electron chi connectivity index (χ4n) is 2.48. The quantitative estimate of drug-likeness (QED) is 0.640. The van der Waals surface area contributed by atoms with E-state index in [0.29, 0.717) is 5.02 Å². The summed E-state index contributed by atoms with van der Waals surface area (Å²) in [5.41, 5.74) is 0.700. The summed E-state index contributed by atoms with van der Waals surface area (Å²) in [4.78, 5) is 38.4. The van der Waals surface area contributed by atoms with E-state index in [9.17, 15) is 14.4 Å². The molecule has 2 aromatic rings. The molecule has 0 aliphatic rings. The maximum atomic E-state index is 12.3. The van der Waals surface area contributed by atoms with Gasteiger partial charge in [-0.1, -0.05) is 29.3 Å². The molecule has 0 unspecified atom stereocenters. The van der Waals surface area contributed by atoms with Crippen molar-refractivity contribution in [1.82, 2.24) is 15.6 Å². The lowest BCUT2D eigenvalue weighted by Crippen LogP contribution is -2.32. The van der Waals surface area contributed by atoms with E-state index in [4.69, 9.17) is 27.9 Å². The van der Waals surface area contributed by atoms with Crippen LogP contribution in [0.5, 0.6) is 0 Å². The van der Waals surface area contributed by atoms with Gasteiger partial charge < -0.3 is 20.4 Å². The Morgan fingerprint density at radius 2 is 1.76 bits per heavy atom. The van der Waals surface area contributed by atoms with Crippen LogP contribution in [0.1, 0.15) is 37.5 Å². The number of alkyl carbamates (subject to hydrolysis) is 1. The van der Waals surface area contributed by atoms with Crippen molar-refractivity contribution in [3.63, 3.8) is 0 Å². The summed E-state index contributed by atoms with van der Waals surface area (Å²) >= 11 is 12.0. The highest BCUT2D eigenvalue weighted by Gasteiger charge is 2.16. The Morgan fingerprint density at radius 1 is 1.07 bits per heavy atom. The Hall–Kier alpha value is -2.51. The van der Waals surface area contributed by atoms with Gasteiger partial charge in [0.25, 0.3) is 5.56 Å². The van der Waals surface area contributed by atoms with E-state index in [2.05, 4.69) is 15.6 Å². The number of halogens is 2. The van der Waals surface area contributed by atoms with Crippen LogP contribution in [0, 0.1) is 0 Å². The number of ether oxygens (including phenoxy) is 1. The molecule has 3 N–H and O–H groups in total. The zero-order chi connectivity index (χ0) is 21.6. The van der Waals surface area contributed by atoms with Crippen molar-refractivity contribution in [1.29, 1.82) is 0 Å². The van der Waals surface area contributed by atoms with Crippen LogP contribution in [0.25, 0.3) is 0 Å². The van der Waals surface area contributed by atoms with Crippen molar-refractivity contribution in [2.24, 2.45) is 0 Å². The van der Waals surface area contributed by atoms with Crippen molar-refractivity contribution in [3.8, 4) is 0 Å². The number of carbonyl (C=O) groups is 2. The molecule has 0 aliphatic heterocycles. The SMILES string of the molecule is CC(C)(C)OC(=O)NCc1ccc(Cl)cc1CNC(=O)Cc1c(Cl)cc[nH]c1=O. The Morgan fingerprint density at radius 3 is 2.41 bits per heavy atom. The number of aromatic amines is 1. The second-order valence-corrected chi connectivity index (χ2v) is 8.20. The third kappa shape index (κ3) is 7.44. The van der Waals surface area contributed by atoms with E-state index in [1.807, 2.05) is 0 Å². The fourth-order valence-corrected chi connectivity index (χ4v) is 2.89. The first-order chi connectivity index (χ1) is 13.5. The fraction of sp³-hybridized carbons (Fsp3) is 0.350. The molecule has 9 heteroatoms. The summed E-state index contributed by atoms with van der Waals surface area (Å²) in [6.45, 7) is 5.72. The van der Waals surface area contributed by atoms with Gasteiger partial charge in [-0.25, -0.2) is 4.79 Å². The number of hydrogen-bond donors (Lipinski definition) is 3. The smallest absolute Gasteiger partial charge is 0.407 e. The van der Waals surface area contributed by atoms with Crippen molar-refractivity contribution >= 4 is 35.2 Å². The minimum Gasteiger partial charge on any atom is -0.444 e. The van der Waals surface area contributed by atoms with Crippen LogP contribution >= 0.6 is 23.2 Å². The second kappa shape index (κ2) is 9.80. The van der Waals surface area contributed by atoms with Crippen LogP contribution < -0.4 is 16.2 Å². The number of H-pyrrole nitrogens is 1. The zero-order valence-electron chi connectivity index (χ0n) is 16.4. The minimum absolute atomic E-state index is 0.152. The number of aromatic nitrogens is 1. The lowest BCUT2D eigenvalue weighted by atomic mass is 10.1. The monoisotopic (exact) mass is 439 g/mol. The number of benzene rings is 1. The van der Waals surface area contributed by atoms with Crippen molar-refractivity contribution in [2.75, 3.05) is 0 Å². The standard InChI is InChI=1S/C20H23Cl2N3O4/c1-20(2,3)29-19(28)25-10-12-4-5-14(21)8-13(12)11-24-17(26)9-15-16(22)6-7-23-18(15)27/h4-8H,9-11H2,1-3H3,(H,23,27)(H,24,26)(H,25,28). The maximum absolute atomic E-state index is 12.3. The number of hydrogen-bond acceptors (Lipinski definition) is 4. The van der Waals surface area contributed by atoms with Gasteiger partial charge in [-0.3, -0.25) is 9.59 Å². The first-order valence-electron chi connectivity index (χ1n) is 8.92. The van der Waals surface area contributed by atoms with E-state index in [-0.39, 0.29) is 36.0 Å². The predicted octanol–water partition coefficient (Wildman–Crippen LogP) is 3.57. The molecule has 0 fully saturated rings. The summed E-state index contributed by atoms with van der Waals surface area (Å²) in [5.74, 6) is -0.366. The van der Waals surface area contributed by atoms with Crippen LogP contribution in [0.4, 0.5) is 4.79 Å². The molecule has 1 aromatic carbocycles. The first kappa shape index (κ1) is 22.8. The van der Waals surface area contributed by atoms with Gasteiger partial charge in [-0.05, 0) is 50.1 Å². The zero-order valence-corrected chi connectivity index (χ0v) is 17.9. The minimum atomic E-state index is -0.600. The highest BCUT2D eigenvalue weighted by molar-refractivity contribution is 6.31. The number of pyridine rings is 1. The topological polar surface area (TPSA) is 100 Å². The van der Waals surface area contributed by atoms with Gasteiger partial charge in [0.15, 0.2) is 0 Å². The summed E-state index contributed by atoms with van der Waals surface area (Å²) < 4.78 is 5.22. The summed E-state index contributed by atoms with van der Waals surface area (Å²) in [6, 6.07) is 6.68. The lowest BCUT2D eigenvalue weighted by Gasteiger charge is -2.20. The molecule has 1 aromatic heterocycles. The molecule has 1 heterocycles. The molecular weight excluding hydrogens is 417 g/mol. The van der Waals surface area contributed by atoms with Crippen molar-refractivity contribution in [2.45, 2.75) is 45.9 Å². The highest BCUT2D eigenvalue weighted by atomic mass is 35.5. The first-order valence-corrected chi connectivity index (χ1v) is 9.67. The summed E-state index contributed by atoms with van der Waals surface area (Å²) in [7, 11) is 0. The molecule has 7 nitrogen and oxygen atoms in total.